The molecule has 0 spiro atoms. The maximum atomic E-state index is 13.1. The van der Waals surface area contributed by atoms with E-state index >= 15 is 0 Å². The third-order valence-corrected chi connectivity index (χ3v) is 7.89. The predicted molar refractivity (Wildman–Crippen MR) is 125 cm³/mol. The smallest absolute Gasteiger partial charge is 0.255 e. The standard InChI is InChI=1S/C22H28IN5O3/c1-11-2-5-17(21(30)25-11)28-10-12-3-4-13(8-15(12)22(28)31)26-20(29)16-9-18(23)27-19-14(16)6-7-24-19/h3-4,8,14,16-20,24,26-27,29H,1-2,5-7,9-10H2,(H,25,30). The molecule has 0 saturated carbocycles. The van der Waals surface area contributed by atoms with Crippen molar-refractivity contribution in [2.75, 3.05) is 11.9 Å². The van der Waals surface area contributed by atoms with Crippen molar-refractivity contribution in [1.29, 1.82) is 0 Å². The van der Waals surface area contributed by atoms with Crippen molar-refractivity contribution in [2.45, 2.75) is 54.7 Å². The molecule has 9 heteroatoms. The Hall–Kier alpha value is -1.69. The molecule has 5 N–H and O–H groups in total. The normalized spacial score (nSPS) is 33.7. The molecule has 2 amide bonds. The van der Waals surface area contributed by atoms with E-state index in [1.165, 1.54) is 0 Å². The Morgan fingerprint density at radius 3 is 2.94 bits per heavy atom. The van der Waals surface area contributed by atoms with E-state index in [2.05, 4.69) is 50.4 Å². The third kappa shape index (κ3) is 3.96. The number of allylic oxidation sites excluding steroid dienone is 1. The molecule has 6 atom stereocenters. The zero-order valence-corrected chi connectivity index (χ0v) is 19.4. The van der Waals surface area contributed by atoms with Gasteiger partial charge in [-0.15, -0.1) is 0 Å². The molecule has 3 fully saturated rings. The highest BCUT2D eigenvalue weighted by atomic mass is 127. The molecule has 1 aromatic carbocycles. The predicted octanol–water partition coefficient (Wildman–Crippen LogP) is 1.47. The molecule has 0 aromatic heterocycles. The summed E-state index contributed by atoms with van der Waals surface area (Å²) in [7, 11) is 0. The number of benzene rings is 1. The molecular weight excluding hydrogens is 509 g/mol. The maximum Gasteiger partial charge on any atom is 0.255 e. The van der Waals surface area contributed by atoms with Crippen LogP contribution in [-0.2, 0) is 11.3 Å². The second-order valence-electron chi connectivity index (χ2n) is 8.96. The van der Waals surface area contributed by atoms with Crippen LogP contribution in [0.4, 0.5) is 5.69 Å². The number of nitrogens with one attached hydrogen (secondary N) is 4. The molecule has 0 aliphatic carbocycles. The first-order valence-electron chi connectivity index (χ1n) is 10.9. The molecular formula is C22H28IN5O3. The van der Waals surface area contributed by atoms with Crippen LogP contribution >= 0.6 is 22.6 Å². The summed E-state index contributed by atoms with van der Waals surface area (Å²) in [5, 5.41) is 24.0. The van der Waals surface area contributed by atoms with Crippen LogP contribution in [0.5, 0.6) is 0 Å². The van der Waals surface area contributed by atoms with Crippen LogP contribution in [0.2, 0.25) is 0 Å². The summed E-state index contributed by atoms with van der Waals surface area (Å²) in [5.74, 6) is 0.211. The van der Waals surface area contributed by atoms with E-state index in [0.29, 0.717) is 40.6 Å². The number of hydrogen-bond acceptors (Lipinski definition) is 6. The van der Waals surface area contributed by atoms with Gasteiger partial charge >= 0.3 is 0 Å². The van der Waals surface area contributed by atoms with E-state index in [0.717, 1.165) is 30.6 Å². The fraction of sp³-hybridized carbons (Fsp3) is 0.545. The quantitative estimate of drug-likeness (QED) is 0.173. The molecule has 4 aliphatic rings. The van der Waals surface area contributed by atoms with Crippen molar-refractivity contribution in [3.8, 4) is 0 Å². The summed E-state index contributed by atoms with van der Waals surface area (Å²) >= 11 is 2.39. The zero-order chi connectivity index (χ0) is 21.7. The van der Waals surface area contributed by atoms with Crippen molar-refractivity contribution in [1.82, 2.24) is 20.9 Å². The fourth-order valence-electron chi connectivity index (χ4n) is 5.41. The molecule has 166 valence electrons. The Balaban J connectivity index is 1.29. The van der Waals surface area contributed by atoms with Crippen molar-refractivity contribution in [3.05, 3.63) is 41.6 Å². The lowest BCUT2D eigenvalue weighted by atomic mass is 9.82. The van der Waals surface area contributed by atoms with Gasteiger partial charge in [0, 0.05) is 29.4 Å². The highest BCUT2D eigenvalue weighted by molar-refractivity contribution is 14.1. The Bertz CT molecular complexity index is 924. The number of anilines is 1. The van der Waals surface area contributed by atoms with Crippen LogP contribution in [0.15, 0.2) is 30.5 Å². The van der Waals surface area contributed by atoms with E-state index in [1.807, 2.05) is 18.2 Å². The van der Waals surface area contributed by atoms with Crippen LogP contribution in [0, 0.1) is 11.8 Å². The number of piperidine rings is 2. The highest BCUT2D eigenvalue weighted by Gasteiger charge is 2.43. The summed E-state index contributed by atoms with van der Waals surface area (Å²) in [6, 6.07) is 5.18. The number of hydrogen-bond donors (Lipinski definition) is 5. The Kier molecular flexibility index (Phi) is 5.70. The van der Waals surface area contributed by atoms with Gasteiger partial charge in [0.25, 0.3) is 5.91 Å². The second kappa shape index (κ2) is 8.34. The van der Waals surface area contributed by atoms with E-state index in [-0.39, 0.29) is 23.9 Å². The van der Waals surface area contributed by atoms with Crippen LogP contribution < -0.4 is 21.3 Å². The molecule has 31 heavy (non-hydrogen) atoms. The first-order valence-corrected chi connectivity index (χ1v) is 12.2. The minimum absolute atomic E-state index is 0.127. The van der Waals surface area contributed by atoms with Gasteiger partial charge in [-0.25, -0.2) is 0 Å². The average molecular weight is 537 g/mol. The van der Waals surface area contributed by atoms with Gasteiger partial charge < -0.3 is 26.0 Å². The topological polar surface area (TPSA) is 106 Å². The third-order valence-electron chi connectivity index (χ3n) is 7.02. The summed E-state index contributed by atoms with van der Waals surface area (Å²) in [6.45, 7) is 5.20. The van der Waals surface area contributed by atoms with Gasteiger partial charge in [-0.05, 0) is 55.8 Å². The lowest BCUT2D eigenvalue weighted by molar-refractivity contribution is -0.126. The molecule has 4 aliphatic heterocycles. The molecule has 4 heterocycles. The summed E-state index contributed by atoms with van der Waals surface area (Å²) in [5.41, 5.74) is 2.95. The Morgan fingerprint density at radius 1 is 1.29 bits per heavy atom. The molecule has 3 saturated heterocycles. The monoisotopic (exact) mass is 537 g/mol. The number of rotatable bonds is 4. The van der Waals surface area contributed by atoms with E-state index in [1.54, 1.807) is 4.90 Å². The second-order valence-corrected chi connectivity index (χ2v) is 10.5. The number of amides is 2. The summed E-state index contributed by atoms with van der Waals surface area (Å²) < 4.78 is 0.304. The first-order chi connectivity index (χ1) is 14.9. The molecule has 8 nitrogen and oxygen atoms in total. The summed E-state index contributed by atoms with van der Waals surface area (Å²) in [4.78, 5) is 27.1. The maximum absolute atomic E-state index is 13.1. The number of aliphatic hydroxyl groups is 1. The van der Waals surface area contributed by atoms with Gasteiger partial charge in [0.1, 0.15) is 12.3 Å². The number of fused-ring (bicyclic) bond motifs is 2. The number of aliphatic hydroxyl groups excluding tert-OH is 1. The molecule has 6 unspecified atom stereocenters. The fourth-order valence-corrected chi connectivity index (χ4v) is 6.38. The summed E-state index contributed by atoms with van der Waals surface area (Å²) in [6.07, 6.45) is 2.76. The minimum atomic E-state index is -0.687. The van der Waals surface area contributed by atoms with Gasteiger partial charge in [0.15, 0.2) is 0 Å². The van der Waals surface area contributed by atoms with Gasteiger partial charge in [0.2, 0.25) is 5.91 Å². The zero-order valence-electron chi connectivity index (χ0n) is 17.2. The van der Waals surface area contributed by atoms with Crippen LogP contribution in [0.1, 0.15) is 41.6 Å². The Labute approximate surface area is 195 Å². The lowest BCUT2D eigenvalue weighted by Gasteiger charge is -2.40. The molecule has 1 aromatic rings. The lowest BCUT2D eigenvalue weighted by Crippen LogP contribution is -2.55. The molecule has 0 radical (unpaired) electrons. The highest BCUT2D eigenvalue weighted by Crippen LogP contribution is 2.36. The molecule has 5 rings (SSSR count). The number of halogens is 1. The van der Waals surface area contributed by atoms with Gasteiger partial charge in [-0.1, -0.05) is 35.2 Å². The SMILES string of the molecule is C=C1CCC(N2Cc3ccc(NC(O)C4CC(I)NC5NCCC54)cc3C2=O)C(=O)N1. The van der Waals surface area contributed by atoms with Gasteiger partial charge in [-0.3, -0.25) is 14.9 Å². The largest absolute Gasteiger partial charge is 0.374 e. The van der Waals surface area contributed by atoms with Crippen molar-refractivity contribution >= 4 is 40.1 Å². The number of alkyl halides is 1. The van der Waals surface area contributed by atoms with Gasteiger partial charge in [0.05, 0.1) is 10.2 Å². The van der Waals surface area contributed by atoms with E-state index < -0.39 is 12.3 Å². The molecule has 0 bridgehead atoms. The van der Waals surface area contributed by atoms with Crippen LogP contribution in [0.3, 0.4) is 0 Å². The first kappa shape index (κ1) is 21.2. The minimum Gasteiger partial charge on any atom is -0.374 e. The Morgan fingerprint density at radius 2 is 2.13 bits per heavy atom. The number of carbonyl (C=O) groups is 2. The van der Waals surface area contributed by atoms with Crippen LogP contribution in [-0.4, -0.2) is 50.8 Å². The van der Waals surface area contributed by atoms with Crippen molar-refractivity contribution in [3.63, 3.8) is 0 Å². The average Bonchev–Trinajstić information content (AvgIpc) is 3.32. The van der Waals surface area contributed by atoms with E-state index in [4.69, 9.17) is 0 Å². The van der Waals surface area contributed by atoms with Crippen molar-refractivity contribution in [2.24, 2.45) is 11.8 Å². The van der Waals surface area contributed by atoms with Gasteiger partial charge in [-0.2, -0.15) is 0 Å². The van der Waals surface area contributed by atoms with E-state index in [9.17, 15) is 14.7 Å². The number of carbonyl (C=O) groups excluding carboxylic acids is 2. The van der Waals surface area contributed by atoms with Crippen molar-refractivity contribution < 1.29 is 14.7 Å². The number of nitrogens with zero attached hydrogens (tertiary/aromatic N) is 1. The van der Waals surface area contributed by atoms with Crippen LogP contribution in [0.25, 0.3) is 0 Å².